The molecule has 2 atom stereocenters. The van der Waals surface area contributed by atoms with Crippen molar-refractivity contribution < 1.29 is 0 Å². The Morgan fingerprint density at radius 3 is 2.91 bits per heavy atom. The molecule has 0 amide bonds. The molecule has 1 N–H and O–H groups in total. The smallest absolute Gasteiger partial charge is 0.271 e. The second kappa shape index (κ2) is 5.60. The first-order valence-corrected chi connectivity index (χ1v) is 8.36. The maximum Gasteiger partial charge on any atom is 0.271 e. The molecule has 116 valence electrons. The second-order valence-corrected chi connectivity index (χ2v) is 6.95. The molecule has 1 aromatic heterocycles. The van der Waals surface area contributed by atoms with Crippen molar-refractivity contribution in [1.29, 1.82) is 0 Å². The molecule has 5 heteroatoms. The van der Waals surface area contributed by atoms with Crippen molar-refractivity contribution in [2.75, 3.05) is 13.1 Å². The predicted molar refractivity (Wildman–Crippen MR) is 88.2 cm³/mol. The van der Waals surface area contributed by atoms with E-state index in [-0.39, 0.29) is 5.56 Å². The lowest BCUT2D eigenvalue weighted by atomic mass is 10.1. The lowest BCUT2D eigenvalue weighted by Crippen LogP contribution is -2.34. The van der Waals surface area contributed by atoms with Gasteiger partial charge in [0.25, 0.3) is 5.56 Å². The lowest BCUT2D eigenvalue weighted by molar-refractivity contribution is 0.203. The van der Waals surface area contributed by atoms with Gasteiger partial charge in [-0.25, -0.2) is 0 Å². The third kappa shape index (κ3) is 2.61. The van der Waals surface area contributed by atoms with Gasteiger partial charge in [0.2, 0.25) is 0 Å². The molecule has 0 spiro atoms. The largest absolute Gasteiger partial charge is 0.298 e. The number of nitrogens with zero attached hydrogens (tertiary/aromatic N) is 2. The van der Waals surface area contributed by atoms with E-state index in [4.69, 9.17) is 11.6 Å². The number of nitrogens with one attached hydrogen (secondary N) is 1. The van der Waals surface area contributed by atoms with E-state index in [1.165, 1.54) is 25.8 Å². The summed E-state index contributed by atoms with van der Waals surface area (Å²) in [5.74, 6) is 0.913. The molecule has 1 saturated carbocycles. The van der Waals surface area contributed by atoms with E-state index >= 15 is 0 Å². The van der Waals surface area contributed by atoms with Crippen LogP contribution in [0.15, 0.2) is 35.3 Å². The molecule has 4 nitrogen and oxygen atoms in total. The summed E-state index contributed by atoms with van der Waals surface area (Å²) in [6, 6.07) is 8.21. The number of halogens is 1. The monoisotopic (exact) mass is 317 g/mol. The molecule has 0 radical (unpaired) electrons. The molecule has 2 fully saturated rings. The second-order valence-electron chi connectivity index (χ2n) is 6.52. The summed E-state index contributed by atoms with van der Waals surface area (Å²) in [6.07, 6.45) is 6.03. The molecule has 1 aliphatic heterocycles. The van der Waals surface area contributed by atoms with Crippen molar-refractivity contribution in [2.45, 2.75) is 31.8 Å². The number of hydrogen-bond donors (Lipinski definition) is 1. The Hall–Kier alpha value is -1.52. The molecular formula is C17H20ClN3O. The van der Waals surface area contributed by atoms with Crippen molar-refractivity contribution in [3.8, 4) is 11.1 Å². The summed E-state index contributed by atoms with van der Waals surface area (Å²) in [5.41, 5.74) is 1.50. The average Bonchev–Trinajstić information content (AvgIpc) is 3.20. The highest BCUT2D eigenvalue weighted by Crippen LogP contribution is 2.37. The average molecular weight is 318 g/mol. The zero-order valence-corrected chi connectivity index (χ0v) is 13.2. The van der Waals surface area contributed by atoms with Crippen LogP contribution >= 0.6 is 11.6 Å². The lowest BCUT2D eigenvalue weighted by Gasteiger charge is -2.26. The van der Waals surface area contributed by atoms with Gasteiger partial charge in [-0.2, -0.15) is 0 Å². The van der Waals surface area contributed by atoms with Gasteiger partial charge < -0.3 is 0 Å². The maximum atomic E-state index is 12.1. The predicted octanol–water partition coefficient (Wildman–Crippen LogP) is 2.98. The van der Waals surface area contributed by atoms with Crippen molar-refractivity contribution in [1.82, 2.24) is 14.7 Å². The minimum Gasteiger partial charge on any atom is -0.298 e. The highest BCUT2D eigenvalue weighted by atomic mass is 35.5. The minimum atomic E-state index is -0.0507. The number of likely N-dealkylation sites (tertiary alicyclic amines) is 1. The third-order valence-corrected chi connectivity index (χ3v) is 5.30. The molecule has 1 aromatic carbocycles. The topological polar surface area (TPSA) is 41.0 Å². The van der Waals surface area contributed by atoms with Crippen LogP contribution in [0.1, 0.15) is 19.3 Å². The van der Waals surface area contributed by atoms with E-state index in [1.807, 2.05) is 35.1 Å². The van der Waals surface area contributed by atoms with Crippen LogP contribution in [0.5, 0.6) is 0 Å². The van der Waals surface area contributed by atoms with Gasteiger partial charge >= 0.3 is 0 Å². The van der Waals surface area contributed by atoms with Crippen LogP contribution in [-0.2, 0) is 6.54 Å². The van der Waals surface area contributed by atoms with Gasteiger partial charge in [0.05, 0.1) is 12.1 Å². The van der Waals surface area contributed by atoms with E-state index in [9.17, 15) is 4.79 Å². The van der Waals surface area contributed by atoms with Crippen LogP contribution in [-0.4, -0.2) is 33.8 Å². The third-order valence-electron chi connectivity index (χ3n) is 5.06. The number of aromatic amines is 1. The summed E-state index contributed by atoms with van der Waals surface area (Å²) in [4.78, 5) is 14.7. The molecule has 22 heavy (non-hydrogen) atoms. The van der Waals surface area contributed by atoms with Gasteiger partial charge in [-0.05, 0) is 42.9 Å². The number of aromatic nitrogens is 2. The Morgan fingerprint density at radius 2 is 2.18 bits per heavy atom. The Kier molecular flexibility index (Phi) is 3.59. The van der Waals surface area contributed by atoms with Gasteiger partial charge in [-0.15, -0.1) is 0 Å². The summed E-state index contributed by atoms with van der Waals surface area (Å²) < 4.78 is 1.91. The van der Waals surface area contributed by atoms with E-state index < -0.39 is 0 Å². The molecule has 4 rings (SSSR count). The Bertz CT molecular complexity index is 736. The fourth-order valence-electron chi connectivity index (χ4n) is 3.96. The van der Waals surface area contributed by atoms with Crippen molar-refractivity contribution in [3.05, 3.63) is 45.8 Å². The van der Waals surface area contributed by atoms with Gasteiger partial charge in [0.15, 0.2) is 0 Å². The molecule has 2 unspecified atom stereocenters. The number of rotatable bonds is 4. The molecule has 1 aliphatic carbocycles. The van der Waals surface area contributed by atoms with Crippen LogP contribution in [0.2, 0.25) is 5.02 Å². The fraction of sp³-hybridized carbons (Fsp3) is 0.471. The van der Waals surface area contributed by atoms with E-state index in [2.05, 4.69) is 10.00 Å². The first kappa shape index (κ1) is 14.1. The van der Waals surface area contributed by atoms with Crippen LogP contribution < -0.4 is 5.56 Å². The molecule has 2 bridgehead atoms. The number of hydrogen-bond acceptors (Lipinski definition) is 2. The zero-order valence-electron chi connectivity index (χ0n) is 12.5. The number of benzene rings is 1. The standard InChI is InChI=1S/C17H20ClN3O/c18-14-3-1-2-13(9-14)16-11-21(19-17(16)22)7-6-20-10-12-4-5-15(20)8-12/h1-3,9,11-12,15H,4-8,10H2,(H,19,22). The number of H-pyrrole nitrogens is 1. The van der Waals surface area contributed by atoms with Crippen molar-refractivity contribution in [3.63, 3.8) is 0 Å². The minimum absolute atomic E-state index is 0.0507. The Balaban J connectivity index is 1.47. The molecule has 2 aromatic rings. The Labute approximate surface area is 134 Å². The van der Waals surface area contributed by atoms with E-state index in [0.717, 1.165) is 30.6 Å². The number of fused-ring (bicyclic) bond motifs is 2. The first-order valence-electron chi connectivity index (χ1n) is 7.98. The Morgan fingerprint density at radius 1 is 1.27 bits per heavy atom. The number of piperidine rings is 1. The van der Waals surface area contributed by atoms with Crippen molar-refractivity contribution >= 4 is 11.6 Å². The highest BCUT2D eigenvalue weighted by molar-refractivity contribution is 6.30. The van der Waals surface area contributed by atoms with Crippen LogP contribution in [0.3, 0.4) is 0 Å². The zero-order chi connectivity index (χ0) is 15.1. The van der Waals surface area contributed by atoms with Gasteiger partial charge in [-0.3, -0.25) is 19.5 Å². The molecule has 2 aliphatic rings. The van der Waals surface area contributed by atoms with Crippen LogP contribution in [0, 0.1) is 5.92 Å². The van der Waals surface area contributed by atoms with E-state index in [1.54, 1.807) is 0 Å². The SMILES string of the molecule is O=c1[nH]n(CCN2CC3CCC2C3)cc1-c1cccc(Cl)c1. The normalized spacial score (nSPS) is 24.2. The first-order chi connectivity index (χ1) is 10.7. The van der Waals surface area contributed by atoms with Gasteiger partial charge in [0, 0.05) is 30.4 Å². The summed E-state index contributed by atoms with van der Waals surface area (Å²) >= 11 is 6.01. The fourth-order valence-corrected chi connectivity index (χ4v) is 4.15. The van der Waals surface area contributed by atoms with Gasteiger partial charge in [-0.1, -0.05) is 23.7 Å². The van der Waals surface area contributed by atoms with Gasteiger partial charge in [0.1, 0.15) is 0 Å². The maximum absolute atomic E-state index is 12.1. The molecule has 2 heterocycles. The quantitative estimate of drug-likeness (QED) is 0.942. The van der Waals surface area contributed by atoms with Crippen LogP contribution in [0.4, 0.5) is 0 Å². The van der Waals surface area contributed by atoms with Crippen molar-refractivity contribution in [2.24, 2.45) is 5.92 Å². The molecule has 1 saturated heterocycles. The summed E-state index contributed by atoms with van der Waals surface area (Å²) in [7, 11) is 0. The summed E-state index contributed by atoms with van der Waals surface area (Å²) in [5, 5.41) is 3.57. The highest BCUT2D eigenvalue weighted by Gasteiger charge is 2.37. The summed E-state index contributed by atoms with van der Waals surface area (Å²) in [6.45, 7) is 3.08. The molecular weight excluding hydrogens is 298 g/mol. The van der Waals surface area contributed by atoms with Crippen LogP contribution in [0.25, 0.3) is 11.1 Å². The van der Waals surface area contributed by atoms with E-state index in [0.29, 0.717) is 10.6 Å².